The molecule has 0 bridgehead atoms. The molecule has 8 aromatic rings. The Balaban J connectivity index is 1.31. The number of pyridine rings is 1. The second-order valence-corrected chi connectivity index (χ2v) is 12.1. The van der Waals surface area contributed by atoms with Crippen molar-refractivity contribution in [3.8, 4) is 66.8 Å². The van der Waals surface area contributed by atoms with Crippen molar-refractivity contribution in [1.82, 2.24) is 4.98 Å². The van der Waals surface area contributed by atoms with E-state index in [0.717, 1.165) is 5.52 Å². The van der Waals surface area contributed by atoms with Gasteiger partial charge in [-0.15, -0.1) is 11.3 Å². The van der Waals surface area contributed by atoms with Crippen molar-refractivity contribution in [3.05, 3.63) is 152 Å². The molecule has 1 aliphatic carbocycles. The van der Waals surface area contributed by atoms with Crippen LogP contribution in [-0.2, 0) is 0 Å². The number of thiophene rings is 1. The van der Waals surface area contributed by atoms with Gasteiger partial charge >= 0.3 is 0 Å². The van der Waals surface area contributed by atoms with Crippen LogP contribution in [0.5, 0.6) is 0 Å². The van der Waals surface area contributed by atoms with Gasteiger partial charge < -0.3 is 0 Å². The van der Waals surface area contributed by atoms with Gasteiger partial charge in [0.25, 0.3) is 0 Å². The predicted octanol–water partition coefficient (Wildman–Crippen LogP) is 11.8. The molecule has 9 rings (SSSR count). The number of nitrogens with zero attached hydrogens (tertiary/aromatic N) is 1. The second kappa shape index (κ2) is 9.62. The quantitative estimate of drug-likeness (QED) is 0.204. The Morgan fingerprint density at radius 1 is 0.395 bits per heavy atom. The molecule has 2 aromatic heterocycles. The van der Waals surface area contributed by atoms with Gasteiger partial charge in [-0.3, -0.25) is 4.98 Å². The molecule has 0 saturated heterocycles. The summed E-state index contributed by atoms with van der Waals surface area (Å²) in [7, 11) is 0. The first kappa shape index (κ1) is 24.3. The number of rotatable bonds is 2. The zero-order valence-corrected chi connectivity index (χ0v) is 24.1. The third-order valence-electron chi connectivity index (χ3n) is 8.72. The fourth-order valence-electron chi connectivity index (χ4n) is 6.85. The Hall–Kier alpha value is -5.31. The zero-order valence-electron chi connectivity index (χ0n) is 23.3. The van der Waals surface area contributed by atoms with Gasteiger partial charge in [-0.1, -0.05) is 127 Å². The molecule has 0 amide bonds. The van der Waals surface area contributed by atoms with E-state index in [2.05, 4.69) is 140 Å². The first-order valence-electron chi connectivity index (χ1n) is 14.6. The van der Waals surface area contributed by atoms with Crippen molar-refractivity contribution >= 4 is 31.6 Å². The monoisotopic (exact) mass is 563 g/mol. The minimum atomic E-state index is 1.08. The van der Waals surface area contributed by atoms with E-state index in [0.29, 0.717) is 0 Å². The lowest BCUT2D eigenvalue weighted by molar-refractivity contribution is 1.44. The summed E-state index contributed by atoms with van der Waals surface area (Å²) < 4.78 is 2.51. The first-order chi connectivity index (χ1) is 21.3. The molecule has 0 fully saturated rings. The van der Waals surface area contributed by atoms with E-state index in [4.69, 9.17) is 4.98 Å². The maximum absolute atomic E-state index is 4.70. The van der Waals surface area contributed by atoms with Gasteiger partial charge in [-0.05, 0) is 85.0 Å². The Bertz CT molecular complexity index is 2350. The summed E-state index contributed by atoms with van der Waals surface area (Å²) in [4.78, 5) is 4.70. The fraction of sp³-hybridized carbons (Fsp3) is 0. The van der Waals surface area contributed by atoms with Gasteiger partial charge in [0.05, 0.1) is 10.2 Å². The molecule has 200 valence electrons. The van der Waals surface area contributed by atoms with Crippen molar-refractivity contribution in [1.29, 1.82) is 0 Å². The lowest BCUT2D eigenvalue weighted by atomic mass is 9.78. The van der Waals surface area contributed by atoms with Crippen LogP contribution >= 0.6 is 11.3 Å². The van der Waals surface area contributed by atoms with Crippen molar-refractivity contribution < 1.29 is 0 Å². The standard InChI is InChI=1S/C41H25NS/c1-2-14-31-30(13-1)32-15-3-4-16-34(32)36-21-8-19-28(39(36)35-18-6-5-17-33(31)35)26-11-7-12-27(25-26)29-20-9-22-37-40-38(43-41(29)37)23-10-24-42-40/h1-25H. The van der Waals surface area contributed by atoms with Gasteiger partial charge in [0.15, 0.2) is 0 Å². The van der Waals surface area contributed by atoms with E-state index in [-0.39, 0.29) is 0 Å². The normalized spacial score (nSPS) is 11.7. The van der Waals surface area contributed by atoms with E-state index >= 15 is 0 Å². The molecule has 1 aliphatic rings. The summed E-state index contributed by atoms with van der Waals surface area (Å²) in [5.41, 5.74) is 16.2. The fourth-order valence-corrected chi connectivity index (χ4v) is 8.05. The molecule has 6 aromatic carbocycles. The Kier molecular flexibility index (Phi) is 5.44. The molecule has 0 radical (unpaired) electrons. The average molecular weight is 564 g/mol. The third kappa shape index (κ3) is 3.74. The summed E-state index contributed by atoms with van der Waals surface area (Å²) in [5, 5.41) is 1.22. The van der Waals surface area contributed by atoms with E-state index in [1.807, 2.05) is 23.6 Å². The van der Waals surface area contributed by atoms with Crippen LogP contribution in [0.15, 0.2) is 152 Å². The minimum absolute atomic E-state index is 1.08. The largest absolute Gasteiger partial charge is 0.255 e. The molecule has 43 heavy (non-hydrogen) atoms. The number of hydrogen-bond acceptors (Lipinski definition) is 2. The van der Waals surface area contributed by atoms with Gasteiger partial charge in [-0.2, -0.15) is 0 Å². The van der Waals surface area contributed by atoms with Crippen molar-refractivity contribution in [2.45, 2.75) is 0 Å². The van der Waals surface area contributed by atoms with Crippen molar-refractivity contribution in [2.75, 3.05) is 0 Å². The van der Waals surface area contributed by atoms with E-state index < -0.39 is 0 Å². The number of fused-ring (bicyclic) bond motifs is 11. The van der Waals surface area contributed by atoms with E-state index in [1.54, 1.807) is 0 Å². The lowest BCUT2D eigenvalue weighted by Gasteiger charge is -2.25. The molecule has 2 heterocycles. The summed E-state index contributed by atoms with van der Waals surface area (Å²) in [5.74, 6) is 0. The minimum Gasteiger partial charge on any atom is -0.255 e. The molecule has 0 atom stereocenters. The lowest BCUT2D eigenvalue weighted by Crippen LogP contribution is -1.98. The molecule has 0 saturated carbocycles. The molecule has 0 unspecified atom stereocenters. The summed E-state index contributed by atoms with van der Waals surface area (Å²) in [6.07, 6.45) is 1.89. The Morgan fingerprint density at radius 2 is 0.907 bits per heavy atom. The molecule has 2 heteroatoms. The summed E-state index contributed by atoms with van der Waals surface area (Å²) in [6.45, 7) is 0. The van der Waals surface area contributed by atoms with Crippen LogP contribution in [0.2, 0.25) is 0 Å². The average Bonchev–Trinajstić information content (AvgIpc) is 3.46. The maximum atomic E-state index is 4.70. The highest BCUT2D eigenvalue weighted by Gasteiger charge is 2.24. The SMILES string of the molecule is c1cc(-c2cccc3c2-c2ccccc2-c2ccccc2-c2ccccc2-3)cc(-c2cccc3c2sc2cccnc23)c1. The Morgan fingerprint density at radius 3 is 1.63 bits per heavy atom. The topological polar surface area (TPSA) is 12.9 Å². The van der Waals surface area contributed by atoms with Gasteiger partial charge in [0, 0.05) is 16.3 Å². The van der Waals surface area contributed by atoms with Crippen LogP contribution in [0, 0.1) is 0 Å². The summed E-state index contributed by atoms with van der Waals surface area (Å²) in [6, 6.07) is 53.2. The van der Waals surface area contributed by atoms with Gasteiger partial charge in [0.2, 0.25) is 0 Å². The zero-order chi connectivity index (χ0) is 28.3. The molecular formula is C41H25NS. The smallest absolute Gasteiger partial charge is 0.0888 e. The highest BCUT2D eigenvalue weighted by Crippen LogP contribution is 2.50. The van der Waals surface area contributed by atoms with Crippen molar-refractivity contribution in [3.63, 3.8) is 0 Å². The maximum Gasteiger partial charge on any atom is 0.0888 e. The van der Waals surface area contributed by atoms with Gasteiger partial charge in [0.1, 0.15) is 0 Å². The Labute approximate surface area is 254 Å². The molecule has 0 spiro atoms. The number of hydrogen-bond donors (Lipinski definition) is 0. The highest BCUT2D eigenvalue weighted by atomic mass is 32.1. The second-order valence-electron chi connectivity index (χ2n) is 11.1. The van der Waals surface area contributed by atoms with Crippen LogP contribution < -0.4 is 0 Å². The van der Waals surface area contributed by atoms with E-state index in [9.17, 15) is 0 Å². The highest BCUT2D eigenvalue weighted by molar-refractivity contribution is 7.26. The van der Waals surface area contributed by atoms with Crippen LogP contribution in [0.3, 0.4) is 0 Å². The molecule has 0 aliphatic heterocycles. The molecule has 0 N–H and O–H groups in total. The van der Waals surface area contributed by atoms with Crippen molar-refractivity contribution in [2.24, 2.45) is 0 Å². The van der Waals surface area contributed by atoms with Gasteiger partial charge in [-0.25, -0.2) is 0 Å². The first-order valence-corrected chi connectivity index (χ1v) is 15.5. The molecular weight excluding hydrogens is 539 g/mol. The van der Waals surface area contributed by atoms with E-state index in [1.165, 1.54) is 81.5 Å². The number of aromatic nitrogens is 1. The molecule has 1 nitrogen and oxygen atoms in total. The van der Waals surface area contributed by atoms with Crippen LogP contribution in [0.4, 0.5) is 0 Å². The number of benzene rings is 6. The summed E-state index contributed by atoms with van der Waals surface area (Å²) >= 11 is 1.83. The van der Waals surface area contributed by atoms with Crippen LogP contribution in [-0.4, -0.2) is 4.98 Å². The van der Waals surface area contributed by atoms with Crippen LogP contribution in [0.1, 0.15) is 0 Å². The third-order valence-corrected chi connectivity index (χ3v) is 9.92. The van der Waals surface area contributed by atoms with Crippen LogP contribution in [0.25, 0.3) is 87.1 Å². The predicted molar refractivity (Wildman–Crippen MR) is 183 cm³/mol.